The molecule has 1 aliphatic carbocycles. The van der Waals surface area contributed by atoms with E-state index in [-0.39, 0.29) is 11.2 Å². The molecule has 0 bridgehead atoms. The van der Waals surface area contributed by atoms with E-state index in [2.05, 4.69) is 29.4 Å². The third kappa shape index (κ3) is 5.33. The number of nitrogens with zero attached hydrogens (tertiary/aromatic N) is 3. The summed E-state index contributed by atoms with van der Waals surface area (Å²) >= 11 is 3.12. The average Bonchev–Trinajstić information content (AvgIpc) is 3.01. The highest BCUT2D eigenvalue weighted by atomic mass is 32.2. The number of hydrogen-bond donors (Lipinski definition) is 1. The van der Waals surface area contributed by atoms with Gasteiger partial charge in [0.15, 0.2) is 4.34 Å². The molecule has 3 atom stereocenters. The van der Waals surface area contributed by atoms with Gasteiger partial charge in [-0.15, -0.1) is 10.2 Å². The molecule has 2 heterocycles. The van der Waals surface area contributed by atoms with Crippen LogP contribution in [0.4, 0.5) is 5.13 Å². The van der Waals surface area contributed by atoms with Crippen molar-refractivity contribution >= 4 is 34.1 Å². The number of hydrogen-bond acceptors (Lipinski definition) is 6. The zero-order chi connectivity index (χ0) is 17.8. The SMILES string of the molecule is CC1CC(C)CN(C(=O)C(C)Sc2nnc(NC3CCCCC3)s2)C1. The summed E-state index contributed by atoms with van der Waals surface area (Å²) in [6.07, 6.45) is 7.62. The molecule has 1 amide bonds. The molecule has 140 valence electrons. The second-order valence-electron chi connectivity index (χ2n) is 7.80. The molecule has 5 nitrogen and oxygen atoms in total. The van der Waals surface area contributed by atoms with Crippen molar-refractivity contribution in [3.63, 3.8) is 0 Å². The van der Waals surface area contributed by atoms with Crippen LogP contribution in [0.25, 0.3) is 0 Å². The van der Waals surface area contributed by atoms with Gasteiger partial charge in [-0.1, -0.05) is 56.2 Å². The van der Waals surface area contributed by atoms with Gasteiger partial charge in [-0.2, -0.15) is 0 Å². The number of likely N-dealkylation sites (tertiary alicyclic amines) is 1. The maximum Gasteiger partial charge on any atom is 0.235 e. The van der Waals surface area contributed by atoms with E-state index < -0.39 is 0 Å². The second kappa shape index (κ2) is 8.71. The molecule has 0 aromatic carbocycles. The van der Waals surface area contributed by atoms with E-state index in [0.717, 1.165) is 22.6 Å². The first-order valence-electron chi connectivity index (χ1n) is 9.56. The fourth-order valence-corrected chi connectivity index (χ4v) is 6.10. The number of aromatic nitrogens is 2. The Morgan fingerprint density at radius 3 is 2.56 bits per heavy atom. The normalized spacial score (nSPS) is 26.4. The van der Waals surface area contributed by atoms with Crippen LogP contribution in [0.2, 0.25) is 0 Å². The summed E-state index contributed by atoms with van der Waals surface area (Å²) < 4.78 is 0.886. The van der Waals surface area contributed by atoms with Crippen molar-refractivity contribution in [2.75, 3.05) is 18.4 Å². The summed E-state index contributed by atoms with van der Waals surface area (Å²) in [4.78, 5) is 14.8. The van der Waals surface area contributed by atoms with Crippen molar-refractivity contribution in [2.45, 2.75) is 74.9 Å². The van der Waals surface area contributed by atoms with E-state index in [9.17, 15) is 4.79 Å². The van der Waals surface area contributed by atoms with E-state index in [4.69, 9.17) is 0 Å². The average molecular weight is 383 g/mol. The van der Waals surface area contributed by atoms with Gasteiger partial charge in [0.2, 0.25) is 11.0 Å². The van der Waals surface area contributed by atoms with Gasteiger partial charge in [0.05, 0.1) is 5.25 Å². The Bertz CT molecular complexity index is 563. The molecule has 1 aliphatic heterocycles. The molecular weight excluding hydrogens is 352 g/mol. The minimum Gasteiger partial charge on any atom is -0.357 e. The van der Waals surface area contributed by atoms with Crippen LogP contribution in [0.5, 0.6) is 0 Å². The van der Waals surface area contributed by atoms with Gasteiger partial charge < -0.3 is 10.2 Å². The lowest BCUT2D eigenvalue weighted by Gasteiger charge is -2.36. The summed E-state index contributed by atoms with van der Waals surface area (Å²) in [6, 6.07) is 0.537. The third-order valence-corrected chi connectivity index (χ3v) is 7.17. The molecule has 0 spiro atoms. The summed E-state index contributed by atoms with van der Waals surface area (Å²) in [6.45, 7) is 8.24. The Balaban J connectivity index is 1.52. The van der Waals surface area contributed by atoms with Crippen LogP contribution in [0.3, 0.4) is 0 Å². The Morgan fingerprint density at radius 2 is 1.88 bits per heavy atom. The predicted molar refractivity (Wildman–Crippen MR) is 105 cm³/mol. The fourth-order valence-electron chi connectivity index (χ4n) is 4.04. The van der Waals surface area contributed by atoms with Crippen molar-refractivity contribution < 1.29 is 4.79 Å². The number of rotatable bonds is 5. The van der Waals surface area contributed by atoms with Gasteiger partial charge in [0, 0.05) is 19.1 Å². The van der Waals surface area contributed by atoms with Crippen molar-refractivity contribution in [3.8, 4) is 0 Å². The standard InChI is InChI=1S/C18H30N4OS2/c1-12-9-13(2)11-22(10-12)16(23)14(3)24-18-21-20-17(25-18)19-15-7-5-4-6-8-15/h12-15H,4-11H2,1-3H3,(H,19,20). The fraction of sp³-hybridized carbons (Fsp3) is 0.833. The predicted octanol–water partition coefficient (Wildman–Crippen LogP) is 4.27. The van der Waals surface area contributed by atoms with Crippen molar-refractivity contribution in [2.24, 2.45) is 11.8 Å². The molecule has 2 aliphatic rings. The van der Waals surface area contributed by atoms with E-state index in [1.165, 1.54) is 38.5 Å². The van der Waals surface area contributed by atoms with Crippen LogP contribution in [-0.4, -0.2) is 45.4 Å². The first-order chi connectivity index (χ1) is 12.0. The largest absolute Gasteiger partial charge is 0.357 e. The van der Waals surface area contributed by atoms with Crippen molar-refractivity contribution in [1.82, 2.24) is 15.1 Å². The Hall–Kier alpha value is -0.820. The lowest BCUT2D eigenvalue weighted by Crippen LogP contribution is -2.45. The minimum absolute atomic E-state index is 0.104. The molecule has 7 heteroatoms. The Kier molecular flexibility index (Phi) is 6.61. The quantitative estimate of drug-likeness (QED) is 0.771. The van der Waals surface area contributed by atoms with Gasteiger partial charge in [0.25, 0.3) is 0 Å². The van der Waals surface area contributed by atoms with Crippen LogP contribution < -0.4 is 5.32 Å². The zero-order valence-corrected chi connectivity index (χ0v) is 17.2. The molecule has 1 saturated carbocycles. The number of thioether (sulfide) groups is 1. The van der Waals surface area contributed by atoms with E-state index in [1.807, 2.05) is 11.8 Å². The molecule has 1 aromatic heterocycles. The number of anilines is 1. The van der Waals surface area contributed by atoms with Gasteiger partial charge in [-0.05, 0) is 38.0 Å². The molecule has 1 saturated heterocycles. The van der Waals surface area contributed by atoms with Gasteiger partial charge in [-0.25, -0.2) is 0 Å². The molecule has 0 radical (unpaired) electrons. The van der Waals surface area contributed by atoms with Crippen molar-refractivity contribution in [3.05, 3.63) is 0 Å². The van der Waals surface area contributed by atoms with Crippen LogP contribution in [0.15, 0.2) is 4.34 Å². The Morgan fingerprint density at radius 1 is 1.20 bits per heavy atom. The Labute approximate surface area is 159 Å². The number of piperidine rings is 1. The molecule has 2 fully saturated rings. The summed E-state index contributed by atoms with van der Waals surface area (Å²) in [5.41, 5.74) is 0. The van der Waals surface area contributed by atoms with Gasteiger partial charge in [-0.3, -0.25) is 4.79 Å². The minimum atomic E-state index is -0.104. The lowest BCUT2D eigenvalue weighted by atomic mass is 9.92. The first kappa shape index (κ1) is 19.0. The van der Waals surface area contributed by atoms with E-state index in [1.54, 1.807) is 23.1 Å². The van der Waals surface area contributed by atoms with Gasteiger partial charge >= 0.3 is 0 Å². The molecular formula is C18H30N4OS2. The van der Waals surface area contributed by atoms with Crippen LogP contribution in [0, 0.1) is 11.8 Å². The smallest absolute Gasteiger partial charge is 0.235 e. The maximum absolute atomic E-state index is 12.8. The molecule has 3 rings (SSSR count). The third-order valence-electron chi connectivity index (χ3n) is 5.15. The van der Waals surface area contributed by atoms with Crippen LogP contribution in [-0.2, 0) is 4.79 Å². The molecule has 1 N–H and O–H groups in total. The number of carbonyl (C=O) groups excluding carboxylic acids is 1. The topological polar surface area (TPSA) is 58.1 Å². The van der Waals surface area contributed by atoms with Crippen LogP contribution >= 0.6 is 23.1 Å². The zero-order valence-electron chi connectivity index (χ0n) is 15.5. The van der Waals surface area contributed by atoms with Gasteiger partial charge in [0.1, 0.15) is 0 Å². The molecule has 25 heavy (non-hydrogen) atoms. The summed E-state index contributed by atoms with van der Waals surface area (Å²) in [7, 11) is 0. The molecule has 1 aromatic rings. The highest BCUT2D eigenvalue weighted by molar-refractivity contribution is 8.02. The lowest BCUT2D eigenvalue weighted by molar-refractivity contribution is -0.132. The summed E-state index contributed by atoms with van der Waals surface area (Å²) in [5, 5.41) is 12.9. The number of nitrogens with one attached hydrogen (secondary N) is 1. The molecule has 3 unspecified atom stereocenters. The summed E-state index contributed by atoms with van der Waals surface area (Å²) in [5.74, 6) is 1.43. The number of carbonyl (C=O) groups is 1. The highest BCUT2D eigenvalue weighted by Crippen LogP contribution is 2.32. The van der Waals surface area contributed by atoms with E-state index in [0.29, 0.717) is 17.9 Å². The first-order valence-corrected chi connectivity index (χ1v) is 11.3. The second-order valence-corrected chi connectivity index (χ2v) is 10.4. The highest BCUT2D eigenvalue weighted by Gasteiger charge is 2.29. The number of amides is 1. The monoisotopic (exact) mass is 382 g/mol. The van der Waals surface area contributed by atoms with Crippen molar-refractivity contribution in [1.29, 1.82) is 0 Å². The maximum atomic E-state index is 12.8. The van der Waals surface area contributed by atoms with E-state index >= 15 is 0 Å². The van der Waals surface area contributed by atoms with Crippen LogP contribution in [0.1, 0.15) is 59.3 Å².